The summed E-state index contributed by atoms with van der Waals surface area (Å²) in [6.07, 6.45) is 3.09. The molecule has 1 aromatic heterocycles. The van der Waals surface area contributed by atoms with Gasteiger partial charge in [-0.25, -0.2) is 0 Å². The number of nitrogens with zero attached hydrogens (tertiary/aromatic N) is 1. The van der Waals surface area contributed by atoms with Crippen molar-refractivity contribution in [3.05, 3.63) is 52.8 Å². The van der Waals surface area contributed by atoms with E-state index in [0.29, 0.717) is 22.1 Å². The molecule has 5 heteroatoms. The molecule has 0 spiro atoms. The van der Waals surface area contributed by atoms with Crippen LogP contribution in [0, 0.1) is 12.3 Å². The second-order valence-corrected chi connectivity index (χ2v) is 4.23. The zero-order chi connectivity index (χ0) is 13.1. The molecule has 0 aliphatic heterocycles. The lowest BCUT2D eigenvalue weighted by atomic mass is 10.2. The molecule has 0 saturated heterocycles. The van der Waals surface area contributed by atoms with Crippen LogP contribution in [0.3, 0.4) is 0 Å². The first-order valence-electron chi connectivity index (χ1n) is 5.30. The first-order valence-corrected chi connectivity index (χ1v) is 5.68. The van der Waals surface area contributed by atoms with Crippen LogP contribution in [0.4, 0.5) is 0 Å². The molecule has 0 saturated carbocycles. The van der Waals surface area contributed by atoms with Crippen molar-refractivity contribution < 1.29 is 4.74 Å². The Labute approximate surface area is 110 Å². The molecule has 0 atom stereocenters. The van der Waals surface area contributed by atoms with E-state index in [4.69, 9.17) is 27.5 Å². The minimum atomic E-state index is -0.0629. The third-order valence-corrected chi connectivity index (χ3v) is 2.68. The van der Waals surface area contributed by atoms with Crippen LogP contribution < -0.4 is 10.5 Å². The Morgan fingerprint density at radius 2 is 2.11 bits per heavy atom. The molecule has 0 bridgehead atoms. The molecule has 0 amide bonds. The maximum absolute atomic E-state index is 7.48. The van der Waals surface area contributed by atoms with Gasteiger partial charge < -0.3 is 10.5 Å². The molecule has 0 fully saturated rings. The van der Waals surface area contributed by atoms with Crippen molar-refractivity contribution in [3.8, 4) is 11.5 Å². The highest BCUT2D eigenvalue weighted by Gasteiger charge is 2.09. The number of benzene rings is 1. The van der Waals surface area contributed by atoms with E-state index in [0.717, 1.165) is 5.56 Å². The second-order valence-electron chi connectivity index (χ2n) is 3.80. The predicted octanol–water partition coefficient (Wildman–Crippen LogP) is 3.12. The van der Waals surface area contributed by atoms with E-state index in [1.807, 2.05) is 13.0 Å². The largest absolute Gasteiger partial charge is 0.455 e. The van der Waals surface area contributed by atoms with Gasteiger partial charge in [0.2, 0.25) is 0 Å². The number of halogens is 1. The highest BCUT2D eigenvalue weighted by atomic mass is 35.5. The number of aryl methyl sites for hydroxylation is 1. The van der Waals surface area contributed by atoms with Crippen LogP contribution in [0.2, 0.25) is 5.02 Å². The summed E-state index contributed by atoms with van der Waals surface area (Å²) < 4.78 is 5.71. The Balaban J connectivity index is 2.40. The Morgan fingerprint density at radius 3 is 2.83 bits per heavy atom. The van der Waals surface area contributed by atoms with Gasteiger partial charge in [0.1, 0.15) is 11.6 Å². The first kappa shape index (κ1) is 12.4. The summed E-state index contributed by atoms with van der Waals surface area (Å²) in [5.74, 6) is 1.00. The van der Waals surface area contributed by atoms with E-state index < -0.39 is 0 Å². The lowest BCUT2D eigenvalue weighted by Crippen LogP contribution is -2.12. The van der Waals surface area contributed by atoms with E-state index in [9.17, 15) is 0 Å². The summed E-state index contributed by atoms with van der Waals surface area (Å²) in [6, 6.07) is 7.01. The number of aromatic nitrogens is 1. The summed E-state index contributed by atoms with van der Waals surface area (Å²) in [5, 5.41) is 8.07. The van der Waals surface area contributed by atoms with E-state index in [1.54, 1.807) is 24.4 Å². The van der Waals surface area contributed by atoms with Crippen LogP contribution >= 0.6 is 11.6 Å². The standard InChI is InChI=1S/C13H12ClN3O/c1-8-2-3-9(14)6-11(8)18-12-7-17-5-4-10(12)13(15)16/h2-7H,1H3,(H3,15,16). The van der Waals surface area contributed by atoms with Crippen LogP contribution in [-0.4, -0.2) is 10.8 Å². The maximum atomic E-state index is 7.48. The molecule has 92 valence electrons. The number of amidine groups is 1. The van der Waals surface area contributed by atoms with Crippen molar-refractivity contribution in [1.82, 2.24) is 4.98 Å². The number of hydrogen-bond acceptors (Lipinski definition) is 3. The van der Waals surface area contributed by atoms with Crippen LogP contribution in [0.15, 0.2) is 36.7 Å². The van der Waals surface area contributed by atoms with Crippen LogP contribution in [0.25, 0.3) is 0 Å². The zero-order valence-electron chi connectivity index (χ0n) is 9.77. The number of nitrogens with one attached hydrogen (secondary N) is 1. The fourth-order valence-corrected chi connectivity index (χ4v) is 1.65. The summed E-state index contributed by atoms with van der Waals surface area (Å²) in [6.45, 7) is 1.91. The minimum absolute atomic E-state index is 0.0629. The molecule has 0 unspecified atom stereocenters. The van der Waals surface area contributed by atoms with Gasteiger partial charge >= 0.3 is 0 Å². The first-order chi connectivity index (χ1) is 8.58. The third-order valence-electron chi connectivity index (χ3n) is 2.44. The lowest BCUT2D eigenvalue weighted by molar-refractivity contribution is 0.475. The van der Waals surface area contributed by atoms with E-state index in [1.165, 1.54) is 6.20 Å². The Morgan fingerprint density at radius 1 is 1.33 bits per heavy atom. The molecule has 1 heterocycles. The normalized spacial score (nSPS) is 10.1. The Bertz CT molecular complexity index is 599. The number of ether oxygens (including phenoxy) is 1. The number of nitrogen functional groups attached to an aromatic ring is 1. The van der Waals surface area contributed by atoms with Gasteiger partial charge in [0.25, 0.3) is 0 Å². The highest BCUT2D eigenvalue weighted by Crippen LogP contribution is 2.29. The van der Waals surface area contributed by atoms with Crippen molar-refractivity contribution in [2.75, 3.05) is 0 Å². The predicted molar refractivity (Wildman–Crippen MR) is 71.5 cm³/mol. The molecule has 1 aromatic carbocycles. The van der Waals surface area contributed by atoms with Gasteiger partial charge in [0, 0.05) is 11.2 Å². The van der Waals surface area contributed by atoms with Gasteiger partial charge in [-0.1, -0.05) is 17.7 Å². The van der Waals surface area contributed by atoms with E-state index in [-0.39, 0.29) is 5.84 Å². The Kier molecular flexibility index (Phi) is 3.48. The molecular formula is C13H12ClN3O. The molecular weight excluding hydrogens is 250 g/mol. The van der Waals surface area contributed by atoms with Gasteiger partial charge in [-0.05, 0) is 30.7 Å². The summed E-state index contributed by atoms with van der Waals surface area (Å²) in [4.78, 5) is 3.97. The average molecular weight is 262 g/mol. The average Bonchev–Trinajstić information content (AvgIpc) is 2.34. The van der Waals surface area contributed by atoms with Crippen LogP contribution in [-0.2, 0) is 0 Å². The van der Waals surface area contributed by atoms with Gasteiger partial charge in [-0.3, -0.25) is 10.4 Å². The molecule has 18 heavy (non-hydrogen) atoms. The molecule has 2 aromatic rings. The van der Waals surface area contributed by atoms with Crippen molar-refractivity contribution in [2.45, 2.75) is 6.92 Å². The smallest absolute Gasteiger partial charge is 0.156 e. The minimum Gasteiger partial charge on any atom is -0.455 e. The zero-order valence-corrected chi connectivity index (χ0v) is 10.5. The molecule has 0 aliphatic rings. The molecule has 3 N–H and O–H groups in total. The highest BCUT2D eigenvalue weighted by molar-refractivity contribution is 6.30. The van der Waals surface area contributed by atoms with Crippen LogP contribution in [0.1, 0.15) is 11.1 Å². The van der Waals surface area contributed by atoms with E-state index in [2.05, 4.69) is 4.98 Å². The SMILES string of the molecule is Cc1ccc(Cl)cc1Oc1cnccc1C(=N)N. The number of hydrogen-bond donors (Lipinski definition) is 2. The quantitative estimate of drug-likeness (QED) is 0.659. The molecule has 0 aliphatic carbocycles. The van der Waals surface area contributed by atoms with Crippen LogP contribution in [0.5, 0.6) is 11.5 Å². The summed E-state index contributed by atoms with van der Waals surface area (Å²) >= 11 is 5.92. The van der Waals surface area contributed by atoms with Gasteiger partial charge in [0.05, 0.1) is 11.8 Å². The van der Waals surface area contributed by atoms with Crippen molar-refractivity contribution in [2.24, 2.45) is 5.73 Å². The maximum Gasteiger partial charge on any atom is 0.156 e. The second kappa shape index (κ2) is 5.06. The van der Waals surface area contributed by atoms with Gasteiger partial charge in [-0.15, -0.1) is 0 Å². The lowest BCUT2D eigenvalue weighted by Gasteiger charge is -2.11. The fraction of sp³-hybridized carbons (Fsp3) is 0.0769. The number of nitrogens with two attached hydrogens (primary N) is 1. The molecule has 4 nitrogen and oxygen atoms in total. The van der Waals surface area contributed by atoms with Crippen molar-refractivity contribution >= 4 is 17.4 Å². The monoisotopic (exact) mass is 261 g/mol. The number of rotatable bonds is 3. The number of pyridine rings is 1. The third kappa shape index (κ3) is 2.60. The molecule has 0 radical (unpaired) electrons. The van der Waals surface area contributed by atoms with Gasteiger partial charge in [0.15, 0.2) is 5.75 Å². The van der Waals surface area contributed by atoms with Crippen molar-refractivity contribution in [3.63, 3.8) is 0 Å². The van der Waals surface area contributed by atoms with Gasteiger partial charge in [-0.2, -0.15) is 0 Å². The topological polar surface area (TPSA) is 72.0 Å². The molecule has 2 rings (SSSR count). The Hall–Kier alpha value is -2.07. The summed E-state index contributed by atoms with van der Waals surface area (Å²) in [5.41, 5.74) is 6.93. The summed E-state index contributed by atoms with van der Waals surface area (Å²) in [7, 11) is 0. The van der Waals surface area contributed by atoms with Crippen molar-refractivity contribution in [1.29, 1.82) is 5.41 Å². The van der Waals surface area contributed by atoms with E-state index >= 15 is 0 Å². The fourth-order valence-electron chi connectivity index (χ4n) is 1.49.